The molecule has 68 heavy (non-hydrogen) atoms. The Kier molecular flexibility index (Phi) is 14.1. The number of hydrogen-bond donors (Lipinski definition) is 3. The number of aromatic nitrogens is 6. The number of carbonyl (C=O) groups is 4. The van der Waals surface area contributed by atoms with Gasteiger partial charge in [-0.05, 0) is 84.8 Å². The first-order valence-corrected chi connectivity index (χ1v) is 20.9. The van der Waals surface area contributed by atoms with E-state index in [-0.39, 0.29) is 62.3 Å². The Morgan fingerprint density at radius 3 is 1.41 bits per heavy atom. The SMILES string of the molecule is Cc1ccc2c(c1)c(C(=O)C(=O)Nc1ccncn1)c(C(F)(F)F)n2Cc1ccc(Cl)cc1Cl.O=C(Nc1ccncn1)C(=O)c1c(C(F)(F)F)n(Cc2ccc(Cl)cc2Cl)c2ccc(O)cc12. The fourth-order valence-corrected chi connectivity index (χ4v) is 8.07. The zero-order valence-corrected chi connectivity index (χ0v) is 37.4. The van der Waals surface area contributed by atoms with Crippen molar-refractivity contribution in [2.75, 3.05) is 10.6 Å². The van der Waals surface area contributed by atoms with Crippen molar-refractivity contribution in [2.45, 2.75) is 32.4 Å². The van der Waals surface area contributed by atoms with E-state index in [1.165, 1.54) is 85.2 Å². The summed E-state index contributed by atoms with van der Waals surface area (Å²) in [6, 6.07) is 19.3. The minimum absolute atomic E-state index is 0.000230. The van der Waals surface area contributed by atoms with Gasteiger partial charge in [0.1, 0.15) is 41.4 Å². The number of rotatable bonds is 10. The summed E-state index contributed by atoms with van der Waals surface area (Å²) in [5.41, 5.74) is -2.89. The number of halogens is 10. The highest BCUT2D eigenvalue weighted by Gasteiger charge is 2.44. The molecule has 0 aliphatic heterocycles. The number of hydrogen-bond acceptors (Lipinski definition) is 9. The first-order chi connectivity index (χ1) is 32.1. The molecule has 0 unspecified atom stereocenters. The molecule has 13 nitrogen and oxygen atoms in total. The Labute approximate surface area is 399 Å². The molecule has 0 saturated heterocycles. The molecular weight excluding hydrogens is 988 g/mol. The Hall–Kier alpha value is -7.06. The highest BCUT2D eigenvalue weighted by Crippen LogP contribution is 2.42. The van der Waals surface area contributed by atoms with Crippen molar-refractivity contribution in [3.8, 4) is 5.75 Å². The van der Waals surface area contributed by atoms with E-state index in [1.807, 2.05) is 0 Å². The second kappa shape index (κ2) is 19.7. The lowest BCUT2D eigenvalue weighted by molar-refractivity contribution is -0.144. The van der Waals surface area contributed by atoms with E-state index >= 15 is 0 Å². The van der Waals surface area contributed by atoms with Gasteiger partial charge in [-0.15, -0.1) is 0 Å². The van der Waals surface area contributed by atoms with Gasteiger partial charge in [0.05, 0.1) is 11.1 Å². The molecular formula is C45H28Cl4F6N8O5. The van der Waals surface area contributed by atoms with Crippen LogP contribution in [-0.4, -0.2) is 57.6 Å². The quantitative estimate of drug-likeness (QED) is 0.0684. The van der Waals surface area contributed by atoms with Crippen LogP contribution in [0.15, 0.2) is 110 Å². The van der Waals surface area contributed by atoms with Crippen molar-refractivity contribution >= 4 is 103 Å². The molecule has 8 aromatic rings. The molecule has 0 fully saturated rings. The third-order valence-electron chi connectivity index (χ3n) is 10.0. The number of nitrogens with zero attached hydrogens (tertiary/aromatic N) is 6. The zero-order chi connectivity index (χ0) is 49.2. The van der Waals surface area contributed by atoms with Gasteiger partial charge in [-0.1, -0.05) is 70.2 Å². The van der Waals surface area contributed by atoms with E-state index in [9.17, 15) is 50.6 Å². The van der Waals surface area contributed by atoms with E-state index in [4.69, 9.17) is 46.4 Å². The largest absolute Gasteiger partial charge is 0.508 e. The fraction of sp³-hybridized carbons (Fsp3) is 0.111. The summed E-state index contributed by atoms with van der Waals surface area (Å²) in [6.07, 6.45) is -5.15. The van der Waals surface area contributed by atoms with Gasteiger partial charge in [-0.3, -0.25) is 19.2 Å². The van der Waals surface area contributed by atoms with Gasteiger partial charge in [-0.2, -0.15) is 26.3 Å². The van der Waals surface area contributed by atoms with Crippen LogP contribution in [0.2, 0.25) is 20.1 Å². The summed E-state index contributed by atoms with van der Waals surface area (Å²) in [5, 5.41) is 15.0. The number of nitrogens with one attached hydrogen (secondary N) is 2. The number of benzene rings is 4. The number of alkyl halides is 6. The number of amides is 2. The number of ketones is 2. The highest BCUT2D eigenvalue weighted by atomic mass is 35.5. The number of phenols is 1. The van der Waals surface area contributed by atoms with E-state index in [1.54, 1.807) is 13.0 Å². The highest BCUT2D eigenvalue weighted by molar-refractivity contribution is 6.49. The molecule has 348 valence electrons. The Balaban J connectivity index is 0.000000201. The van der Waals surface area contributed by atoms with Crippen LogP contribution in [0.5, 0.6) is 5.75 Å². The Morgan fingerprint density at radius 2 is 1.01 bits per heavy atom. The average Bonchev–Trinajstić information content (AvgIpc) is 3.78. The lowest BCUT2D eigenvalue weighted by Crippen LogP contribution is -2.26. The molecule has 2 amide bonds. The molecule has 0 atom stereocenters. The molecule has 0 spiro atoms. The molecule has 0 aliphatic carbocycles. The minimum Gasteiger partial charge on any atom is -0.508 e. The maximum Gasteiger partial charge on any atom is 0.432 e. The monoisotopic (exact) mass is 1010 g/mol. The van der Waals surface area contributed by atoms with Gasteiger partial charge in [-0.25, -0.2) is 19.9 Å². The first-order valence-electron chi connectivity index (χ1n) is 19.4. The van der Waals surface area contributed by atoms with Crippen molar-refractivity contribution in [1.29, 1.82) is 0 Å². The van der Waals surface area contributed by atoms with E-state index in [0.29, 0.717) is 26.7 Å². The maximum atomic E-state index is 14.4. The van der Waals surface area contributed by atoms with Gasteiger partial charge in [0, 0.05) is 67.4 Å². The number of anilines is 2. The number of phenolic OH excluding ortho intramolecular Hbond substituents is 1. The summed E-state index contributed by atoms with van der Waals surface area (Å²) in [4.78, 5) is 66.2. The van der Waals surface area contributed by atoms with Crippen LogP contribution in [0.1, 0.15) is 48.8 Å². The van der Waals surface area contributed by atoms with Crippen LogP contribution in [0.25, 0.3) is 21.8 Å². The van der Waals surface area contributed by atoms with Gasteiger partial charge < -0.3 is 24.9 Å². The molecule has 4 heterocycles. The molecule has 4 aromatic carbocycles. The summed E-state index contributed by atoms with van der Waals surface area (Å²) >= 11 is 24.2. The fourth-order valence-electron chi connectivity index (χ4n) is 7.13. The van der Waals surface area contributed by atoms with Crippen LogP contribution in [0, 0.1) is 6.92 Å². The Bertz CT molecular complexity index is 3060. The van der Waals surface area contributed by atoms with Crippen molar-refractivity contribution in [1.82, 2.24) is 29.1 Å². The number of aromatic hydroxyl groups is 1. The van der Waals surface area contributed by atoms with Crippen LogP contribution >= 0.6 is 46.4 Å². The Morgan fingerprint density at radius 1 is 0.588 bits per heavy atom. The number of Topliss-reactive ketones (excluding diaryl/α,β-unsaturated/α-hetero) is 2. The maximum absolute atomic E-state index is 14.4. The molecule has 0 bridgehead atoms. The number of fused-ring (bicyclic) bond motifs is 2. The van der Waals surface area contributed by atoms with Crippen LogP contribution in [0.4, 0.5) is 38.0 Å². The van der Waals surface area contributed by atoms with Crippen molar-refractivity contribution < 1.29 is 50.6 Å². The van der Waals surface area contributed by atoms with Crippen molar-refractivity contribution in [2.24, 2.45) is 0 Å². The predicted octanol–water partition coefficient (Wildman–Crippen LogP) is 11.3. The van der Waals surface area contributed by atoms with Crippen LogP contribution in [-0.2, 0) is 35.0 Å². The lowest BCUT2D eigenvalue weighted by atomic mass is 10.0. The van der Waals surface area contributed by atoms with Gasteiger partial charge in [0.25, 0.3) is 23.4 Å². The van der Waals surface area contributed by atoms with Crippen LogP contribution < -0.4 is 10.6 Å². The molecule has 0 saturated carbocycles. The second-order valence-electron chi connectivity index (χ2n) is 14.6. The topological polar surface area (TPSA) is 174 Å². The minimum atomic E-state index is -5.03. The van der Waals surface area contributed by atoms with Crippen LogP contribution in [0.3, 0.4) is 0 Å². The standard InChI is InChI=1S/C23H15Cl2F3N4O2.C22H13Cl2F3N4O3/c1-12-2-5-17-15(8-12)19(20(33)22(34)31-18-6-7-29-11-30-18)21(23(26,27)28)32(17)10-13-3-4-14(24)9-16(13)25;23-12-2-1-11(15(24)7-12)9-31-16-4-3-13(32)8-14(16)18(20(31)22(25,26)27)19(33)21(34)30-17-5-6-28-10-29-17/h2-9,11H,10H2,1H3,(H,29,30,31,34);1-8,10,32H,9H2,(H,28,29,30,34). The average molecular weight is 1020 g/mol. The van der Waals surface area contributed by atoms with Gasteiger partial charge >= 0.3 is 12.4 Å². The molecule has 0 aliphatic rings. The van der Waals surface area contributed by atoms with Gasteiger partial charge in [0.15, 0.2) is 0 Å². The molecule has 4 aromatic heterocycles. The lowest BCUT2D eigenvalue weighted by Gasteiger charge is -2.15. The normalized spacial score (nSPS) is 11.6. The summed E-state index contributed by atoms with van der Waals surface area (Å²) in [5.74, 6) is -5.86. The zero-order valence-electron chi connectivity index (χ0n) is 34.3. The number of carbonyl (C=O) groups excluding carboxylic acids is 4. The van der Waals surface area contributed by atoms with E-state index in [2.05, 4.69) is 30.6 Å². The predicted molar refractivity (Wildman–Crippen MR) is 241 cm³/mol. The molecule has 23 heteroatoms. The summed E-state index contributed by atoms with van der Waals surface area (Å²) in [7, 11) is 0. The molecule has 0 radical (unpaired) electrons. The van der Waals surface area contributed by atoms with Crippen molar-refractivity contribution in [3.05, 3.63) is 169 Å². The van der Waals surface area contributed by atoms with Crippen molar-refractivity contribution in [3.63, 3.8) is 0 Å². The van der Waals surface area contributed by atoms with Gasteiger partial charge in [0.2, 0.25) is 0 Å². The third kappa shape index (κ3) is 10.6. The number of aryl methyl sites for hydroxylation is 1. The third-order valence-corrected chi connectivity index (χ3v) is 11.2. The van der Waals surface area contributed by atoms with E-state index in [0.717, 1.165) is 27.9 Å². The first kappa shape index (κ1) is 48.9. The smallest absolute Gasteiger partial charge is 0.432 e. The summed E-state index contributed by atoms with van der Waals surface area (Å²) < 4.78 is 87.9. The summed E-state index contributed by atoms with van der Waals surface area (Å²) in [6.45, 7) is 0.994. The second-order valence-corrected chi connectivity index (χ2v) is 16.3. The molecule has 3 N–H and O–H groups in total. The van der Waals surface area contributed by atoms with E-state index < -0.39 is 58.2 Å². The molecule has 8 rings (SSSR count).